The van der Waals surface area contributed by atoms with Crippen LogP contribution in [0.5, 0.6) is 17.2 Å². The van der Waals surface area contributed by atoms with Crippen LogP contribution in [-0.4, -0.2) is 102 Å². The number of esters is 3. The van der Waals surface area contributed by atoms with Gasteiger partial charge in [0.15, 0.2) is 0 Å². The number of benzene rings is 6. The second-order valence-corrected chi connectivity index (χ2v) is 20.2. The van der Waals surface area contributed by atoms with Crippen LogP contribution >= 0.6 is 0 Å². The molecule has 87 heavy (non-hydrogen) atoms. The van der Waals surface area contributed by atoms with Crippen molar-refractivity contribution in [2.75, 3.05) is 58.2 Å². The molecule has 0 bridgehead atoms. The van der Waals surface area contributed by atoms with Gasteiger partial charge in [-0.25, -0.2) is 0 Å². The van der Waals surface area contributed by atoms with Crippen molar-refractivity contribution in [2.45, 2.75) is 134 Å². The lowest BCUT2D eigenvalue weighted by Crippen LogP contribution is -2.40. The van der Waals surface area contributed by atoms with E-state index in [2.05, 4.69) is 20.1 Å². The number of hydrogen-bond donors (Lipinski definition) is 3. The van der Waals surface area contributed by atoms with Crippen molar-refractivity contribution < 1.29 is 71.8 Å². The quantitative estimate of drug-likeness (QED) is 0.0191. The second kappa shape index (κ2) is 42.3. The van der Waals surface area contributed by atoms with E-state index in [1.165, 1.54) is 21.3 Å². The van der Waals surface area contributed by atoms with E-state index in [0.717, 1.165) is 83.8 Å². The molecule has 0 aliphatic carbocycles. The van der Waals surface area contributed by atoms with Crippen molar-refractivity contribution >= 4 is 52.7 Å². The number of nitrogens with one attached hydrogen (secondary N) is 2. The molecule has 0 heterocycles. The molecule has 6 aromatic carbocycles. The predicted molar refractivity (Wildman–Crippen MR) is 335 cm³/mol. The normalized spacial score (nSPS) is 11.5. The summed E-state index contributed by atoms with van der Waals surface area (Å²) in [5.74, 6) is 0.871. The average molecular weight is 1200 g/mol. The summed E-state index contributed by atoms with van der Waals surface area (Å²) in [6.07, 6.45) is 7.13. The first-order chi connectivity index (χ1) is 42.3. The van der Waals surface area contributed by atoms with Crippen LogP contribution in [-0.2, 0) is 72.2 Å². The zero-order chi connectivity index (χ0) is 62.9. The lowest BCUT2D eigenvalue weighted by molar-refractivity contribution is -0.141. The number of rotatable bonds is 35. The highest BCUT2D eigenvalue weighted by atomic mass is 16.5. The van der Waals surface area contributed by atoms with Crippen LogP contribution in [0, 0.1) is 0 Å². The van der Waals surface area contributed by atoms with Crippen LogP contribution < -0.4 is 29.7 Å². The number of methoxy groups -OCH3 is 6. The highest BCUT2D eigenvalue weighted by Gasteiger charge is 2.27. The van der Waals surface area contributed by atoms with Gasteiger partial charge in [-0.3, -0.25) is 28.8 Å². The standard InChI is InChI=1S/C31H37NO6.C23H29NO5.C15H21NO4/c1-35-27-16-10-12-24(20-27)22-32(26-14-6-4-7-15-26)31(34)29(18-8-5-9-19-30(33)37-3)38-23-25-13-11-17-28(21-25)36-2;1-27-20-13-9-10-18(16-20)17-29-21(14-7-4-8-15-22(25)28-2)23(26)24-19-11-5-3-6-12-19;1-20-14(18)11-7-3-6-10-13(17)15(19)16-12-8-4-2-5-9-12/h4,6-7,10-17,20-21,29H,5,8-9,18-19,22-23H2,1-3H3;3,5-6,9-13,16,21H,4,7-8,14-15,17H2,1-2H3,(H,24,26);2,4-5,8-9,13,17H,3,6-7,10-11H2,1H3,(H,16,19). The van der Waals surface area contributed by atoms with E-state index in [4.69, 9.17) is 28.4 Å². The van der Waals surface area contributed by atoms with Gasteiger partial charge in [-0.2, -0.15) is 0 Å². The number of hydrogen-bond acceptors (Lipinski definition) is 15. The molecule has 3 N–H and O–H groups in total. The molecule has 18 nitrogen and oxygen atoms in total. The Hall–Kier alpha value is -8.58. The van der Waals surface area contributed by atoms with Gasteiger partial charge >= 0.3 is 17.9 Å². The fourth-order valence-electron chi connectivity index (χ4n) is 8.78. The first kappa shape index (κ1) is 70.9. The van der Waals surface area contributed by atoms with Crippen LogP contribution in [0.2, 0.25) is 0 Å². The summed E-state index contributed by atoms with van der Waals surface area (Å²) in [4.78, 5) is 73.8. The zero-order valence-corrected chi connectivity index (χ0v) is 51.2. The van der Waals surface area contributed by atoms with E-state index in [0.29, 0.717) is 76.6 Å². The Morgan fingerprint density at radius 2 is 0.793 bits per heavy atom. The molecule has 0 saturated carbocycles. The van der Waals surface area contributed by atoms with Crippen LogP contribution in [0.4, 0.5) is 17.1 Å². The maximum atomic E-state index is 14.0. The van der Waals surface area contributed by atoms with Crippen molar-refractivity contribution in [3.05, 3.63) is 180 Å². The number of amides is 3. The molecular formula is C69H87N3O15. The molecule has 0 aromatic heterocycles. The van der Waals surface area contributed by atoms with Gasteiger partial charge in [0.2, 0.25) is 0 Å². The monoisotopic (exact) mass is 1200 g/mol. The summed E-state index contributed by atoms with van der Waals surface area (Å²) in [6, 6.07) is 50.9. The van der Waals surface area contributed by atoms with Crippen molar-refractivity contribution in [2.24, 2.45) is 0 Å². The van der Waals surface area contributed by atoms with Crippen LogP contribution in [0.1, 0.15) is 113 Å². The Balaban J connectivity index is 0.000000294. The average Bonchev–Trinajstić information content (AvgIpc) is 3.75. The van der Waals surface area contributed by atoms with E-state index < -0.39 is 24.2 Å². The van der Waals surface area contributed by atoms with E-state index in [-0.39, 0.29) is 36.3 Å². The summed E-state index contributed by atoms with van der Waals surface area (Å²) >= 11 is 0. The summed E-state index contributed by atoms with van der Waals surface area (Å²) in [6.45, 7) is 0.963. The molecule has 3 amide bonds. The van der Waals surface area contributed by atoms with Gasteiger partial charge in [0.1, 0.15) is 35.6 Å². The molecule has 6 rings (SSSR count). The molecule has 0 radical (unpaired) electrons. The molecule has 0 fully saturated rings. The van der Waals surface area contributed by atoms with E-state index in [1.54, 1.807) is 38.4 Å². The van der Waals surface area contributed by atoms with Gasteiger partial charge in [0.05, 0.1) is 62.4 Å². The Bertz CT molecular complexity index is 2930. The lowest BCUT2D eigenvalue weighted by Gasteiger charge is -2.28. The number of anilines is 3. The number of carbonyl (C=O) groups excluding carboxylic acids is 6. The Labute approximate surface area is 512 Å². The molecule has 0 spiro atoms. The van der Waals surface area contributed by atoms with Crippen LogP contribution in [0.15, 0.2) is 164 Å². The van der Waals surface area contributed by atoms with Gasteiger partial charge in [0, 0.05) is 36.3 Å². The maximum absolute atomic E-state index is 14.0. The maximum Gasteiger partial charge on any atom is 0.305 e. The fourth-order valence-corrected chi connectivity index (χ4v) is 8.78. The van der Waals surface area contributed by atoms with Crippen LogP contribution in [0.25, 0.3) is 0 Å². The molecule has 0 aliphatic rings. The van der Waals surface area contributed by atoms with Gasteiger partial charge in [0.25, 0.3) is 17.7 Å². The molecule has 0 aliphatic heterocycles. The smallest absolute Gasteiger partial charge is 0.305 e. The number of carbonyl (C=O) groups is 6. The van der Waals surface area contributed by atoms with Crippen LogP contribution in [0.3, 0.4) is 0 Å². The predicted octanol–water partition coefficient (Wildman–Crippen LogP) is 12.4. The number of aliphatic hydroxyl groups is 1. The largest absolute Gasteiger partial charge is 0.497 e. The third kappa shape index (κ3) is 28.9. The fraction of sp³-hybridized carbons (Fsp3) is 0.391. The number of ether oxygens (including phenoxy) is 8. The Morgan fingerprint density at radius 1 is 0.414 bits per heavy atom. The highest BCUT2D eigenvalue weighted by molar-refractivity contribution is 5.97. The molecule has 18 heteroatoms. The van der Waals surface area contributed by atoms with Gasteiger partial charge in [-0.15, -0.1) is 0 Å². The topological polar surface area (TPSA) is 224 Å². The molecule has 0 saturated heterocycles. The number of aliphatic hydroxyl groups excluding tert-OH is 1. The van der Waals surface area contributed by atoms with Crippen molar-refractivity contribution in [1.29, 1.82) is 0 Å². The molecule has 6 aromatic rings. The van der Waals surface area contributed by atoms with Crippen molar-refractivity contribution in [3.63, 3.8) is 0 Å². The third-order valence-electron chi connectivity index (χ3n) is 13.7. The zero-order valence-electron chi connectivity index (χ0n) is 51.2. The van der Waals surface area contributed by atoms with Crippen molar-refractivity contribution in [1.82, 2.24) is 0 Å². The number of nitrogens with zero attached hydrogens (tertiary/aromatic N) is 1. The summed E-state index contributed by atoms with van der Waals surface area (Å²) in [7, 11) is 9.01. The van der Waals surface area contributed by atoms with E-state index in [9.17, 15) is 33.9 Å². The molecule has 3 atom stereocenters. The molecule has 468 valence electrons. The van der Waals surface area contributed by atoms with Gasteiger partial charge < -0.3 is 58.5 Å². The first-order valence-corrected chi connectivity index (χ1v) is 29.4. The van der Waals surface area contributed by atoms with E-state index >= 15 is 0 Å². The Morgan fingerprint density at radius 3 is 1.23 bits per heavy atom. The summed E-state index contributed by atoms with van der Waals surface area (Å²) in [5, 5.41) is 15.3. The minimum atomic E-state index is -1.02. The molecular weight excluding hydrogens is 1110 g/mol. The minimum absolute atomic E-state index is 0.116. The first-order valence-electron chi connectivity index (χ1n) is 29.4. The lowest BCUT2D eigenvalue weighted by atomic mass is 10.1. The van der Waals surface area contributed by atoms with Crippen molar-refractivity contribution in [3.8, 4) is 17.2 Å². The minimum Gasteiger partial charge on any atom is -0.497 e. The van der Waals surface area contributed by atoms with E-state index in [1.807, 2.05) is 152 Å². The second-order valence-electron chi connectivity index (χ2n) is 20.2. The summed E-state index contributed by atoms with van der Waals surface area (Å²) < 4.78 is 42.1. The van der Waals surface area contributed by atoms with Gasteiger partial charge in [-0.05, 0) is 128 Å². The van der Waals surface area contributed by atoms with Gasteiger partial charge in [-0.1, -0.05) is 130 Å². The third-order valence-corrected chi connectivity index (χ3v) is 13.7. The number of unbranched alkanes of at least 4 members (excludes halogenated alkanes) is 6. The Kier molecular flexibility index (Phi) is 34.5. The summed E-state index contributed by atoms with van der Waals surface area (Å²) in [5.41, 5.74) is 5.01. The molecule has 3 unspecified atom stereocenters. The highest BCUT2D eigenvalue weighted by Crippen LogP contribution is 2.25. The number of para-hydroxylation sites is 3. The SMILES string of the molecule is COC(=O)CCCCCC(O)C(=O)Nc1ccccc1.COC(=O)CCCCCC(OCc1cccc(OC)c1)C(=O)N(Cc1cccc(OC)c1)c1ccccc1.COC(=O)CCCCCC(OCc1cccc(OC)c1)C(=O)Nc1ccccc1.